The normalized spacial score (nSPS) is 10.2. The monoisotopic (exact) mass is 292 g/mol. The summed E-state index contributed by atoms with van der Waals surface area (Å²) in [5, 5.41) is 3.04. The number of rotatable bonds is 3. The van der Waals surface area contributed by atoms with Crippen LogP contribution in [-0.4, -0.2) is 20.0 Å². The van der Waals surface area contributed by atoms with Crippen LogP contribution in [0.4, 0.5) is 15.8 Å². The van der Waals surface area contributed by atoms with E-state index >= 15 is 0 Å². The van der Waals surface area contributed by atoms with Crippen molar-refractivity contribution in [1.29, 1.82) is 0 Å². The molecule has 0 aliphatic carbocycles. The molecular weight excluding hydrogens is 279 g/mol. The fraction of sp³-hybridized carbons (Fsp3) is 0.133. The molecule has 0 bridgehead atoms. The highest BCUT2D eigenvalue weighted by Crippen LogP contribution is 2.26. The molecule has 0 atom stereocenters. The second-order valence-corrected chi connectivity index (χ2v) is 4.90. The molecule has 0 unspecified atom stereocenters. The Morgan fingerprint density at radius 1 is 1.20 bits per heavy atom. The largest absolute Gasteiger partial charge is 0.376 e. The Balaban J connectivity index is 2.33. The van der Waals surface area contributed by atoms with Crippen molar-refractivity contribution in [2.75, 3.05) is 24.3 Å². The van der Waals surface area contributed by atoms with Crippen LogP contribution in [0.2, 0.25) is 5.02 Å². The van der Waals surface area contributed by atoms with Gasteiger partial charge in [-0.3, -0.25) is 4.79 Å². The van der Waals surface area contributed by atoms with Crippen LogP contribution in [-0.2, 0) is 0 Å². The lowest BCUT2D eigenvalue weighted by Crippen LogP contribution is -2.17. The van der Waals surface area contributed by atoms with E-state index in [-0.39, 0.29) is 5.91 Å². The van der Waals surface area contributed by atoms with Crippen molar-refractivity contribution < 1.29 is 9.18 Å². The van der Waals surface area contributed by atoms with Crippen LogP contribution in [0.1, 0.15) is 10.4 Å². The maximum Gasteiger partial charge on any atom is 0.257 e. The number of anilines is 2. The molecule has 3 nitrogen and oxygen atoms in total. The van der Waals surface area contributed by atoms with Crippen molar-refractivity contribution in [2.45, 2.75) is 0 Å². The maximum atomic E-state index is 13.3. The molecule has 0 saturated heterocycles. The van der Waals surface area contributed by atoms with Crippen LogP contribution < -0.4 is 10.2 Å². The zero-order chi connectivity index (χ0) is 14.7. The first-order valence-electron chi connectivity index (χ1n) is 6.02. The third-order valence-electron chi connectivity index (χ3n) is 2.81. The summed E-state index contributed by atoms with van der Waals surface area (Å²) in [4.78, 5) is 14.0. The van der Waals surface area contributed by atoms with Crippen molar-refractivity contribution in [1.82, 2.24) is 0 Å². The average molecular weight is 293 g/mol. The number of nitrogens with zero attached hydrogens (tertiary/aromatic N) is 1. The number of nitrogens with one attached hydrogen (secondary N) is 1. The van der Waals surface area contributed by atoms with Gasteiger partial charge in [0, 0.05) is 14.1 Å². The second kappa shape index (κ2) is 5.92. The molecule has 0 radical (unpaired) electrons. The fourth-order valence-electron chi connectivity index (χ4n) is 1.83. The molecule has 104 valence electrons. The molecule has 0 aromatic heterocycles. The summed E-state index contributed by atoms with van der Waals surface area (Å²) in [7, 11) is 3.64. The second-order valence-electron chi connectivity index (χ2n) is 4.49. The van der Waals surface area contributed by atoms with Crippen LogP contribution in [0.3, 0.4) is 0 Å². The SMILES string of the molecule is CN(C)c1ccc(F)cc1NC(=O)c1ccccc1Cl. The van der Waals surface area contributed by atoms with E-state index in [9.17, 15) is 9.18 Å². The lowest BCUT2D eigenvalue weighted by Gasteiger charge is -2.18. The Bertz CT molecular complexity index is 644. The Hall–Kier alpha value is -2.07. The van der Waals surface area contributed by atoms with Crippen molar-refractivity contribution >= 4 is 28.9 Å². The first-order valence-corrected chi connectivity index (χ1v) is 6.39. The van der Waals surface area contributed by atoms with Gasteiger partial charge >= 0.3 is 0 Å². The first kappa shape index (κ1) is 14.3. The highest BCUT2D eigenvalue weighted by molar-refractivity contribution is 6.34. The minimum absolute atomic E-state index is 0.350. The molecular formula is C15H14ClFN2O. The predicted octanol–water partition coefficient (Wildman–Crippen LogP) is 3.80. The van der Waals surface area contributed by atoms with Gasteiger partial charge in [-0.2, -0.15) is 0 Å². The van der Waals surface area contributed by atoms with Gasteiger partial charge in [-0.15, -0.1) is 0 Å². The molecule has 5 heteroatoms. The van der Waals surface area contributed by atoms with Crippen molar-refractivity contribution in [3.63, 3.8) is 0 Å². The minimum atomic E-state index is -0.412. The molecule has 20 heavy (non-hydrogen) atoms. The summed E-state index contributed by atoms with van der Waals surface area (Å²) in [6, 6.07) is 11.0. The Morgan fingerprint density at radius 2 is 1.90 bits per heavy atom. The van der Waals surface area contributed by atoms with Crippen molar-refractivity contribution in [2.24, 2.45) is 0 Å². The predicted molar refractivity (Wildman–Crippen MR) is 80.1 cm³/mol. The van der Waals surface area contributed by atoms with Gasteiger partial charge in [-0.1, -0.05) is 23.7 Å². The van der Waals surface area contributed by atoms with E-state index in [4.69, 9.17) is 11.6 Å². The summed E-state index contributed by atoms with van der Waals surface area (Å²) in [5.74, 6) is -0.783. The molecule has 1 amide bonds. The van der Waals surface area contributed by atoms with E-state index in [1.165, 1.54) is 12.1 Å². The van der Waals surface area contributed by atoms with Gasteiger partial charge in [-0.25, -0.2) is 4.39 Å². The Labute approximate surface area is 122 Å². The van der Waals surface area contributed by atoms with E-state index in [2.05, 4.69) is 5.32 Å². The van der Waals surface area contributed by atoms with Gasteiger partial charge in [0.2, 0.25) is 0 Å². The van der Waals surface area contributed by atoms with Crippen LogP contribution in [0, 0.1) is 5.82 Å². The quantitative estimate of drug-likeness (QED) is 0.933. The van der Waals surface area contributed by atoms with Crippen LogP contribution in [0.5, 0.6) is 0 Å². The third-order valence-corrected chi connectivity index (χ3v) is 3.14. The number of halogens is 2. The molecule has 0 spiro atoms. The fourth-order valence-corrected chi connectivity index (χ4v) is 2.05. The Morgan fingerprint density at radius 3 is 2.55 bits per heavy atom. The lowest BCUT2D eigenvalue weighted by atomic mass is 10.2. The number of hydrogen-bond acceptors (Lipinski definition) is 2. The molecule has 1 N–H and O–H groups in total. The molecule has 0 aliphatic heterocycles. The Kier molecular flexibility index (Phi) is 4.25. The summed E-state index contributed by atoms with van der Waals surface area (Å²) in [5.41, 5.74) is 1.47. The summed E-state index contributed by atoms with van der Waals surface area (Å²) < 4.78 is 13.3. The highest BCUT2D eigenvalue weighted by atomic mass is 35.5. The third kappa shape index (κ3) is 3.08. The van der Waals surface area contributed by atoms with Crippen molar-refractivity contribution in [3.05, 3.63) is 58.9 Å². The van der Waals surface area contributed by atoms with Crippen LogP contribution in [0.15, 0.2) is 42.5 Å². The van der Waals surface area contributed by atoms with Gasteiger partial charge < -0.3 is 10.2 Å². The topological polar surface area (TPSA) is 32.3 Å². The van der Waals surface area contributed by atoms with E-state index in [0.29, 0.717) is 22.0 Å². The van der Waals surface area contributed by atoms with E-state index < -0.39 is 5.82 Å². The number of carbonyl (C=O) groups is 1. The standard InChI is InChI=1S/C15H14ClFN2O/c1-19(2)14-8-7-10(17)9-13(14)18-15(20)11-5-3-4-6-12(11)16/h3-9H,1-2H3,(H,18,20). The lowest BCUT2D eigenvalue weighted by molar-refractivity contribution is 0.102. The van der Waals surface area contributed by atoms with Gasteiger partial charge in [-0.05, 0) is 30.3 Å². The molecule has 2 rings (SSSR count). The summed E-state index contributed by atoms with van der Waals surface area (Å²) in [6.45, 7) is 0. The number of carbonyl (C=O) groups excluding carboxylic acids is 1. The molecule has 2 aromatic carbocycles. The molecule has 2 aromatic rings. The van der Waals surface area contributed by atoms with Gasteiger partial charge in [0.15, 0.2) is 0 Å². The zero-order valence-corrected chi connectivity index (χ0v) is 11.9. The number of amides is 1. The van der Waals surface area contributed by atoms with Crippen LogP contribution in [0.25, 0.3) is 0 Å². The molecule has 0 fully saturated rings. The summed E-state index contributed by atoms with van der Waals surface area (Å²) >= 11 is 5.97. The molecule has 0 heterocycles. The first-order chi connectivity index (χ1) is 9.49. The zero-order valence-electron chi connectivity index (χ0n) is 11.2. The van der Waals surface area contributed by atoms with Gasteiger partial charge in [0.05, 0.1) is 22.0 Å². The van der Waals surface area contributed by atoms with Gasteiger partial charge in [0.25, 0.3) is 5.91 Å². The highest BCUT2D eigenvalue weighted by Gasteiger charge is 2.13. The molecule has 0 aliphatic rings. The maximum absolute atomic E-state index is 13.3. The van der Waals surface area contributed by atoms with Crippen LogP contribution >= 0.6 is 11.6 Å². The average Bonchev–Trinajstić information content (AvgIpc) is 2.38. The van der Waals surface area contributed by atoms with E-state index in [1.807, 2.05) is 14.1 Å². The summed E-state index contributed by atoms with van der Waals surface area (Å²) in [6.07, 6.45) is 0. The molecule has 0 saturated carbocycles. The van der Waals surface area contributed by atoms with E-state index in [0.717, 1.165) is 0 Å². The minimum Gasteiger partial charge on any atom is -0.376 e. The van der Waals surface area contributed by atoms with E-state index in [1.54, 1.807) is 35.2 Å². The van der Waals surface area contributed by atoms with Crippen molar-refractivity contribution in [3.8, 4) is 0 Å². The van der Waals surface area contributed by atoms with Gasteiger partial charge in [0.1, 0.15) is 5.82 Å². The number of hydrogen-bond donors (Lipinski definition) is 1. The smallest absolute Gasteiger partial charge is 0.257 e. The number of benzene rings is 2.